The van der Waals surface area contributed by atoms with E-state index in [0.717, 1.165) is 30.7 Å². The smallest absolute Gasteiger partial charge is 0.0802 e. The second-order valence-electron chi connectivity index (χ2n) is 7.50. The van der Waals surface area contributed by atoms with Crippen molar-refractivity contribution < 1.29 is 5.11 Å². The lowest BCUT2D eigenvalue weighted by Crippen LogP contribution is -2.55. The summed E-state index contributed by atoms with van der Waals surface area (Å²) in [7, 11) is 0. The highest BCUT2D eigenvalue weighted by Gasteiger charge is 2.48. The maximum Gasteiger partial charge on any atom is 0.0802 e. The third kappa shape index (κ3) is 2.22. The topological polar surface area (TPSA) is 32.3 Å². The van der Waals surface area contributed by atoms with Gasteiger partial charge in [-0.2, -0.15) is 0 Å². The summed E-state index contributed by atoms with van der Waals surface area (Å²) >= 11 is 0. The van der Waals surface area contributed by atoms with Crippen LogP contribution in [0.4, 0.5) is 0 Å². The Balaban J connectivity index is 1.74. The number of hydrogen-bond donors (Lipinski definition) is 2. The fourth-order valence-electron chi connectivity index (χ4n) is 5.23. The largest absolute Gasteiger partial charge is 0.388 e. The van der Waals surface area contributed by atoms with Crippen LogP contribution in [0.2, 0.25) is 0 Å². The number of nitrogens with one attached hydrogen (secondary N) is 1. The lowest BCUT2D eigenvalue weighted by atomic mass is 9.59. The molecular weight excluding hydrogens is 222 g/mol. The molecular formula is C16H29NO. The molecule has 0 aromatic carbocycles. The molecule has 2 saturated carbocycles. The van der Waals surface area contributed by atoms with Crippen LogP contribution in [0.5, 0.6) is 0 Å². The van der Waals surface area contributed by atoms with Gasteiger partial charge >= 0.3 is 0 Å². The molecule has 1 aliphatic heterocycles. The van der Waals surface area contributed by atoms with Gasteiger partial charge in [-0.3, -0.25) is 0 Å². The highest BCUT2D eigenvalue weighted by atomic mass is 16.3. The predicted molar refractivity (Wildman–Crippen MR) is 74.4 cm³/mol. The zero-order valence-corrected chi connectivity index (χ0v) is 12.0. The summed E-state index contributed by atoms with van der Waals surface area (Å²) in [5.41, 5.74) is -0.483. The highest BCUT2D eigenvalue weighted by Crippen LogP contribution is 2.49. The van der Waals surface area contributed by atoms with Crippen molar-refractivity contribution in [2.45, 2.75) is 70.4 Å². The molecule has 2 N–H and O–H groups in total. The van der Waals surface area contributed by atoms with Crippen molar-refractivity contribution in [1.29, 1.82) is 0 Å². The Bertz CT molecular complexity index is 293. The molecule has 0 aromatic rings. The summed E-state index contributed by atoms with van der Waals surface area (Å²) in [5.74, 6) is 3.16. The van der Waals surface area contributed by atoms with E-state index in [9.17, 15) is 5.11 Å². The Morgan fingerprint density at radius 2 is 1.94 bits per heavy atom. The van der Waals surface area contributed by atoms with E-state index in [4.69, 9.17) is 0 Å². The minimum atomic E-state index is -0.483. The van der Waals surface area contributed by atoms with Crippen LogP contribution < -0.4 is 5.32 Å². The number of fused-ring (bicyclic) bond motifs is 2. The Morgan fingerprint density at radius 1 is 1.11 bits per heavy atom. The van der Waals surface area contributed by atoms with Crippen LogP contribution in [0.1, 0.15) is 58.8 Å². The normalized spacial score (nSPS) is 47.8. The van der Waals surface area contributed by atoms with E-state index in [0.29, 0.717) is 12.0 Å². The minimum Gasteiger partial charge on any atom is -0.388 e. The van der Waals surface area contributed by atoms with Crippen LogP contribution in [0.15, 0.2) is 0 Å². The molecule has 1 saturated heterocycles. The number of aliphatic hydroxyl groups is 1. The summed E-state index contributed by atoms with van der Waals surface area (Å²) in [6, 6.07) is 0.344. The van der Waals surface area contributed by atoms with E-state index in [1.807, 2.05) is 0 Å². The zero-order valence-electron chi connectivity index (χ0n) is 12.0. The maximum atomic E-state index is 11.1. The van der Waals surface area contributed by atoms with Crippen molar-refractivity contribution in [3.8, 4) is 0 Å². The van der Waals surface area contributed by atoms with Crippen molar-refractivity contribution in [2.75, 3.05) is 6.54 Å². The fraction of sp³-hybridized carbons (Fsp3) is 1.00. The fourth-order valence-corrected chi connectivity index (χ4v) is 5.23. The molecule has 3 fully saturated rings. The predicted octanol–water partition coefficient (Wildman–Crippen LogP) is 2.95. The SMILES string of the molecule is CC1CC2CCC(C(C)(O)[C@@H]3CCCN3)C(C1)C2. The quantitative estimate of drug-likeness (QED) is 0.791. The van der Waals surface area contributed by atoms with E-state index < -0.39 is 5.60 Å². The first kappa shape index (κ1) is 12.9. The molecule has 1 heterocycles. The molecule has 18 heavy (non-hydrogen) atoms. The van der Waals surface area contributed by atoms with Gasteiger partial charge in [-0.15, -0.1) is 0 Å². The van der Waals surface area contributed by atoms with E-state index >= 15 is 0 Å². The molecule has 0 spiro atoms. The molecule has 2 heteroatoms. The Kier molecular flexibility index (Phi) is 3.44. The number of rotatable bonds is 2. The Labute approximate surface area is 112 Å². The summed E-state index contributed by atoms with van der Waals surface area (Å²) in [5, 5.41) is 14.6. The van der Waals surface area contributed by atoms with Gasteiger partial charge in [0.25, 0.3) is 0 Å². The van der Waals surface area contributed by atoms with Crippen LogP contribution >= 0.6 is 0 Å². The van der Waals surface area contributed by atoms with Gasteiger partial charge in [0.05, 0.1) is 5.60 Å². The molecule has 3 aliphatic rings. The second-order valence-corrected chi connectivity index (χ2v) is 7.50. The molecule has 2 bridgehead atoms. The Morgan fingerprint density at radius 3 is 2.67 bits per heavy atom. The van der Waals surface area contributed by atoms with E-state index in [-0.39, 0.29) is 0 Å². The second kappa shape index (κ2) is 4.79. The van der Waals surface area contributed by atoms with Gasteiger partial charge in [0.2, 0.25) is 0 Å². The average Bonchev–Trinajstić information content (AvgIpc) is 2.81. The molecule has 6 atom stereocenters. The molecule has 0 amide bonds. The molecule has 5 unspecified atom stereocenters. The van der Waals surface area contributed by atoms with E-state index in [1.165, 1.54) is 38.5 Å². The standard InChI is InChI=1S/C16H29NO/c1-11-8-12-5-6-14(13(9-11)10-12)16(2,18)15-4-3-7-17-15/h11-15,17-18H,3-10H2,1-2H3/t11?,12?,13?,14?,15-,16?/m0/s1. The Hall–Kier alpha value is -0.0800. The zero-order chi connectivity index (χ0) is 12.8. The molecule has 2 nitrogen and oxygen atoms in total. The minimum absolute atomic E-state index is 0.344. The van der Waals surface area contributed by atoms with E-state index in [1.54, 1.807) is 0 Å². The number of hydrogen-bond acceptors (Lipinski definition) is 2. The van der Waals surface area contributed by atoms with Gasteiger partial charge in [-0.25, -0.2) is 0 Å². The maximum absolute atomic E-state index is 11.1. The van der Waals surface area contributed by atoms with Crippen LogP contribution in [0.3, 0.4) is 0 Å². The van der Waals surface area contributed by atoms with Crippen LogP contribution in [-0.2, 0) is 0 Å². The first-order chi connectivity index (χ1) is 8.57. The van der Waals surface area contributed by atoms with Gasteiger partial charge in [0.1, 0.15) is 0 Å². The van der Waals surface area contributed by atoms with Crippen molar-refractivity contribution in [1.82, 2.24) is 5.32 Å². The average molecular weight is 251 g/mol. The summed E-state index contributed by atoms with van der Waals surface area (Å²) in [6.45, 7) is 5.61. The summed E-state index contributed by atoms with van der Waals surface area (Å²) < 4.78 is 0. The van der Waals surface area contributed by atoms with Gasteiger partial charge < -0.3 is 10.4 Å². The van der Waals surface area contributed by atoms with Gasteiger partial charge in [-0.1, -0.05) is 13.3 Å². The monoisotopic (exact) mass is 251 g/mol. The van der Waals surface area contributed by atoms with Crippen molar-refractivity contribution in [2.24, 2.45) is 23.7 Å². The summed E-state index contributed by atoms with van der Waals surface area (Å²) in [4.78, 5) is 0. The molecule has 2 aliphatic carbocycles. The van der Waals surface area contributed by atoms with Crippen molar-refractivity contribution >= 4 is 0 Å². The van der Waals surface area contributed by atoms with E-state index in [2.05, 4.69) is 19.2 Å². The van der Waals surface area contributed by atoms with Crippen LogP contribution in [0.25, 0.3) is 0 Å². The van der Waals surface area contributed by atoms with Crippen molar-refractivity contribution in [3.05, 3.63) is 0 Å². The third-order valence-electron chi connectivity index (χ3n) is 6.05. The van der Waals surface area contributed by atoms with Gasteiger partial charge in [0, 0.05) is 6.04 Å². The third-order valence-corrected chi connectivity index (χ3v) is 6.05. The molecule has 3 rings (SSSR count). The van der Waals surface area contributed by atoms with Crippen LogP contribution in [-0.4, -0.2) is 23.3 Å². The van der Waals surface area contributed by atoms with Crippen molar-refractivity contribution in [3.63, 3.8) is 0 Å². The molecule has 0 radical (unpaired) electrons. The lowest BCUT2D eigenvalue weighted by molar-refractivity contribution is -0.0868. The first-order valence-corrected chi connectivity index (χ1v) is 8.03. The summed E-state index contributed by atoms with van der Waals surface area (Å²) in [6.07, 6.45) is 9.18. The van der Waals surface area contributed by atoms with Crippen LogP contribution in [0, 0.1) is 23.7 Å². The van der Waals surface area contributed by atoms with Gasteiger partial charge in [-0.05, 0) is 75.7 Å². The molecule has 0 aromatic heterocycles. The molecule has 104 valence electrons. The van der Waals surface area contributed by atoms with Gasteiger partial charge in [0.15, 0.2) is 0 Å². The first-order valence-electron chi connectivity index (χ1n) is 8.03. The highest BCUT2D eigenvalue weighted by molar-refractivity contribution is 5.01. The lowest BCUT2D eigenvalue weighted by Gasteiger charge is -2.50.